The van der Waals surface area contributed by atoms with Gasteiger partial charge in [-0.3, -0.25) is 9.78 Å². The summed E-state index contributed by atoms with van der Waals surface area (Å²) < 4.78 is 5.40. The highest BCUT2D eigenvalue weighted by Gasteiger charge is 2.03. The molecule has 2 rings (SSSR count). The number of nitrogens with zero attached hydrogens (tertiary/aromatic N) is 1. The van der Waals surface area contributed by atoms with E-state index in [9.17, 15) is 4.79 Å². The zero-order chi connectivity index (χ0) is 15.8. The number of benzene rings is 1. The minimum Gasteiger partial charge on any atom is -0.479 e. The standard InChI is InChI=1S/C17H15ClN2O2/c1-13-7-8-16(12-20-13)22-10-3-2-9-19-17(21)14-5-4-6-15(18)11-14/h4-8,11-12H,9-10H2,1H3,(H,19,21). The largest absolute Gasteiger partial charge is 0.479 e. The van der Waals surface area contributed by atoms with Crippen molar-refractivity contribution in [2.24, 2.45) is 0 Å². The van der Waals surface area contributed by atoms with Gasteiger partial charge in [0.1, 0.15) is 12.4 Å². The van der Waals surface area contributed by atoms with Gasteiger partial charge in [0.05, 0.1) is 12.7 Å². The third-order valence-electron chi connectivity index (χ3n) is 2.74. The van der Waals surface area contributed by atoms with Gasteiger partial charge in [0.2, 0.25) is 0 Å². The van der Waals surface area contributed by atoms with Crippen LogP contribution in [0.4, 0.5) is 0 Å². The Balaban J connectivity index is 1.73. The van der Waals surface area contributed by atoms with Gasteiger partial charge in [-0.1, -0.05) is 29.5 Å². The van der Waals surface area contributed by atoms with E-state index in [0.717, 1.165) is 5.69 Å². The summed E-state index contributed by atoms with van der Waals surface area (Å²) in [6.45, 7) is 2.41. The first-order chi connectivity index (χ1) is 10.6. The van der Waals surface area contributed by atoms with Crippen molar-refractivity contribution in [3.05, 3.63) is 58.9 Å². The predicted octanol–water partition coefficient (Wildman–Crippen LogP) is 2.86. The van der Waals surface area contributed by atoms with Crippen molar-refractivity contribution in [1.29, 1.82) is 0 Å². The average Bonchev–Trinajstić information content (AvgIpc) is 2.52. The zero-order valence-corrected chi connectivity index (χ0v) is 12.9. The van der Waals surface area contributed by atoms with E-state index in [1.807, 2.05) is 19.1 Å². The van der Waals surface area contributed by atoms with Gasteiger partial charge >= 0.3 is 0 Å². The molecule has 22 heavy (non-hydrogen) atoms. The van der Waals surface area contributed by atoms with E-state index in [1.165, 1.54) is 0 Å². The predicted molar refractivity (Wildman–Crippen MR) is 86.0 cm³/mol. The number of carbonyl (C=O) groups excluding carboxylic acids is 1. The molecule has 1 amide bonds. The third kappa shape index (κ3) is 5.12. The van der Waals surface area contributed by atoms with Crippen LogP contribution in [0.1, 0.15) is 16.1 Å². The molecule has 112 valence electrons. The maximum atomic E-state index is 11.8. The molecule has 1 aromatic carbocycles. The number of nitrogens with one attached hydrogen (secondary N) is 1. The second-order valence-corrected chi connectivity index (χ2v) is 4.91. The van der Waals surface area contributed by atoms with Crippen molar-refractivity contribution in [1.82, 2.24) is 10.3 Å². The molecule has 2 aromatic rings. The molecule has 4 nitrogen and oxygen atoms in total. The Bertz CT molecular complexity index is 703. The quantitative estimate of drug-likeness (QED) is 0.883. The number of halogens is 1. The Morgan fingerprint density at radius 2 is 2.18 bits per heavy atom. The highest BCUT2D eigenvalue weighted by atomic mass is 35.5. The van der Waals surface area contributed by atoms with Gasteiger partial charge in [0.15, 0.2) is 0 Å². The molecule has 0 atom stereocenters. The summed E-state index contributed by atoms with van der Waals surface area (Å²) in [6, 6.07) is 10.5. The summed E-state index contributed by atoms with van der Waals surface area (Å²) in [4.78, 5) is 15.9. The molecule has 0 aliphatic rings. The molecule has 0 bridgehead atoms. The molecule has 0 aliphatic heterocycles. The van der Waals surface area contributed by atoms with E-state index in [4.69, 9.17) is 16.3 Å². The van der Waals surface area contributed by atoms with Crippen molar-refractivity contribution in [2.75, 3.05) is 13.2 Å². The number of aromatic nitrogens is 1. The van der Waals surface area contributed by atoms with Crippen molar-refractivity contribution in [3.63, 3.8) is 0 Å². The summed E-state index contributed by atoms with van der Waals surface area (Å²) in [7, 11) is 0. The Labute approximate surface area is 134 Å². The fourth-order valence-corrected chi connectivity index (χ4v) is 1.82. The number of ether oxygens (including phenoxy) is 1. The molecule has 0 aliphatic carbocycles. The van der Waals surface area contributed by atoms with Crippen molar-refractivity contribution in [2.45, 2.75) is 6.92 Å². The molecule has 0 spiro atoms. The van der Waals surface area contributed by atoms with Crippen LogP contribution >= 0.6 is 11.6 Å². The molecule has 0 fully saturated rings. The lowest BCUT2D eigenvalue weighted by Gasteiger charge is -2.02. The number of carbonyl (C=O) groups is 1. The fraction of sp³-hybridized carbons (Fsp3) is 0.176. The summed E-state index contributed by atoms with van der Waals surface area (Å²) in [6.07, 6.45) is 1.65. The smallest absolute Gasteiger partial charge is 0.252 e. The number of pyridine rings is 1. The fourth-order valence-electron chi connectivity index (χ4n) is 1.63. The second-order valence-electron chi connectivity index (χ2n) is 4.47. The van der Waals surface area contributed by atoms with Crippen LogP contribution in [0.5, 0.6) is 5.75 Å². The summed E-state index contributed by atoms with van der Waals surface area (Å²) >= 11 is 5.83. The first-order valence-corrected chi connectivity index (χ1v) is 7.08. The van der Waals surface area contributed by atoms with Crippen molar-refractivity contribution < 1.29 is 9.53 Å². The SMILES string of the molecule is Cc1ccc(OCC#CCNC(=O)c2cccc(Cl)c2)cn1. The summed E-state index contributed by atoms with van der Waals surface area (Å²) in [5.41, 5.74) is 1.44. The first kappa shape index (κ1) is 15.9. The monoisotopic (exact) mass is 314 g/mol. The van der Waals surface area contributed by atoms with Crippen LogP contribution in [0.15, 0.2) is 42.6 Å². The minimum absolute atomic E-state index is 0.208. The van der Waals surface area contributed by atoms with Gasteiger partial charge in [0, 0.05) is 16.3 Å². The van der Waals surface area contributed by atoms with Gasteiger partial charge < -0.3 is 10.1 Å². The molecule has 1 aromatic heterocycles. The van der Waals surface area contributed by atoms with Crippen LogP contribution in [-0.2, 0) is 0 Å². The van der Waals surface area contributed by atoms with Gasteiger partial charge in [-0.05, 0) is 37.3 Å². The van der Waals surface area contributed by atoms with Crippen LogP contribution in [0.3, 0.4) is 0 Å². The Hall–Kier alpha value is -2.51. The van der Waals surface area contributed by atoms with Crippen LogP contribution in [0.25, 0.3) is 0 Å². The Kier molecular flexibility index (Phi) is 5.81. The zero-order valence-electron chi connectivity index (χ0n) is 12.1. The molecule has 0 saturated carbocycles. The average molecular weight is 315 g/mol. The number of amides is 1. The van der Waals surface area contributed by atoms with E-state index < -0.39 is 0 Å². The third-order valence-corrected chi connectivity index (χ3v) is 2.98. The normalized spacial score (nSPS) is 9.55. The number of hydrogen-bond acceptors (Lipinski definition) is 3. The topological polar surface area (TPSA) is 51.2 Å². The van der Waals surface area contributed by atoms with E-state index in [-0.39, 0.29) is 19.1 Å². The van der Waals surface area contributed by atoms with Gasteiger partial charge in [-0.2, -0.15) is 0 Å². The number of aryl methyl sites for hydroxylation is 1. The van der Waals surface area contributed by atoms with Gasteiger partial charge in [-0.25, -0.2) is 0 Å². The number of hydrogen-bond donors (Lipinski definition) is 1. The van der Waals surface area contributed by atoms with Crippen LogP contribution in [0.2, 0.25) is 5.02 Å². The van der Waals surface area contributed by atoms with Crippen molar-refractivity contribution in [3.8, 4) is 17.6 Å². The molecule has 5 heteroatoms. The van der Waals surface area contributed by atoms with Gasteiger partial charge in [-0.15, -0.1) is 0 Å². The highest BCUT2D eigenvalue weighted by molar-refractivity contribution is 6.30. The first-order valence-electron chi connectivity index (χ1n) is 6.70. The molecule has 0 saturated heterocycles. The molecule has 1 heterocycles. The molecule has 0 radical (unpaired) electrons. The summed E-state index contributed by atoms with van der Waals surface area (Å²) in [5.74, 6) is 6.11. The minimum atomic E-state index is -0.208. The lowest BCUT2D eigenvalue weighted by Crippen LogP contribution is -2.23. The molecule has 0 unspecified atom stereocenters. The molecular weight excluding hydrogens is 300 g/mol. The maximum absolute atomic E-state index is 11.8. The van der Waals surface area contributed by atoms with Gasteiger partial charge in [0.25, 0.3) is 5.91 Å². The highest BCUT2D eigenvalue weighted by Crippen LogP contribution is 2.10. The molecular formula is C17H15ClN2O2. The Morgan fingerprint density at radius 3 is 2.91 bits per heavy atom. The van der Waals surface area contributed by atoms with E-state index >= 15 is 0 Å². The summed E-state index contributed by atoms with van der Waals surface area (Å²) in [5, 5.41) is 3.22. The van der Waals surface area contributed by atoms with Crippen LogP contribution < -0.4 is 10.1 Å². The lowest BCUT2D eigenvalue weighted by molar-refractivity contribution is 0.0958. The lowest BCUT2D eigenvalue weighted by atomic mass is 10.2. The van der Waals surface area contributed by atoms with Crippen LogP contribution in [-0.4, -0.2) is 24.0 Å². The van der Waals surface area contributed by atoms with Crippen molar-refractivity contribution >= 4 is 17.5 Å². The van der Waals surface area contributed by atoms with E-state index in [2.05, 4.69) is 22.1 Å². The Morgan fingerprint density at radius 1 is 1.32 bits per heavy atom. The number of rotatable bonds is 4. The van der Waals surface area contributed by atoms with Crippen LogP contribution in [0, 0.1) is 18.8 Å². The molecule has 1 N–H and O–H groups in total. The van der Waals surface area contributed by atoms with E-state index in [0.29, 0.717) is 16.3 Å². The van der Waals surface area contributed by atoms with E-state index in [1.54, 1.807) is 30.5 Å². The maximum Gasteiger partial charge on any atom is 0.252 e. The second kappa shape index (κ2) is 8.06.